The zero-order valence-electron chi connectivity index (χ0n) is 16.3. The Morgan fingerprint density at radius 2 is 1.93 bits per heavy atom. The summed E-state index contributed by atoms with van der Waals surface area (Å²) in [6.07, 6.45) is 1.73. The number of nitrogens with zero attached hydrogens (tertiary/aromatic N) is 1. The van der Waals surface area contributed by atoms with E-state index < -0.39 is 5.97 Å². The molecule has 0 unspecified atom stereocenters. The van der Waals surface area contributed by atoms with Crippen molar-refractivity contribution in [2.24, 2.45) is 4.99 Å². The number of aryl methyl sites for hydroxylation is 1. The van der Waals surface area contributed by atoms with E-state index in [2.05, 4.69) is 27.6 Å². The highest BCUT2D eigenvalue weighted by Crippen LogP contribution is 2.36. The van der Waals surface area contributed by atoms with Gasteiger partial charge in [-0.25, -0.2) is 9.79 Å². The van der Waals surface area contributed by atoms with Gasteiger partial charge in [-0.2, -0.15) is 0 Å². The molecule has 146 valence electrons. The van der Waals surface area contributed by atoms with Gasteiger partial charge in [-0.3, -0.25) is 0 Å². The summed E-state index contributed by atoms with van der Waals surface area (Å²) in [5.41, 5.74) is 2.95. The Labute approximate surface area is 178 Å². The van der Waals surface area contributed by atoms with Crippen molar-refractivity contribution in [3.63, 3.8) is 0 Å². The fourth-order valence-corrected chi connectivity index (χ4v) is 3.42. The van der Waals surface area contributed by atoms with Gasteiger partial charge in [0.05, 0.1) is 16.3 Å². The van der Waals surface area contributed by atoms with Crippen LogP contribution < -0.4 is 9.47 Å². The maximum atomic E-state index is 12.3. The quantitative estimate of drug-likeness (QED) is 0.320. The van der Waals surface area contributed by atoms with E-state index in [0.29, 0.717) is 24.0 Å². The standard InChI is InChI=1S/C22H22INO4/c1-5-26-19-12-15(10-17(23)20(19)27-13(2)3)11-18-22(25)28-21(24-18)16-8-6-14(4)7-9-16/h6-13H,5H2,1-4H3/b18-11-. The van der Waals surface area contributed by atoms with Gasteiger partial charge in [0.25, 0.3) is 0 Å². The van der Waals surface area contributed by atoms with Crippen LogP contribution in [-0.4, -0.2) is 24.6 Å². The fraction of sp³-hybridized carbons (Fsp3) is 0.273. The summed E-state index contributed by atoms with van der Waals surface area (Å²) < 4.78 is 17.9. The number of carbonyl (C=O) groups excluding carboxylic acids is 1. The lowest BCUT2D eigenvalue weighted by molar-refractivity contribution is -0.129. The summed E-state index contributed by atoms with van der Waals surface area (Å²) in [7, 11) is 0. The molecule has 3 rings (SSSR count). The van der Waals surface area contributed by atoms with Crippen molar-refractivity contribution in [1.82, 2.24) is 0 Å². The molecule has 0 aliphatic carbocycles. The molecule has 6 heteroatoms. The summed E-state index contributed by atoms with van der Waals surface area (Å²) in [6, 6.07) is 11.5. The summed E-state index contributed by atoms with van der Waals surface area (Å²) in [5.74, 6) is 1.20. The van der Waals surface area contributed by atoms with Crippen LogP contribution in [0.3, 0.4) is 0 Å². The number of benzene rings is 2. The van der Waals surface area contributed by atoms with Crippen LogP contribution in [-0.2, 0) is 9.53 Å². The Morgan fingerprint density at radius 3 is 2.57 bits per heavy atom. The Kier molecular flexibility index (Phi) is 6.39. The molecule has 0 saturated heterocycles. The van der Waals surface area contributed by atoms with Gasteiger partial charge in [0, 0.05) is 5.56 Å². The van der Waals surface area contributed by atoms with E-state index in [1.54, 1.807) is 6.08 Å². The zero-order valence-corrected chi connectivity index (χ0v) is 18.4. The average Bonchev–Trinajstić information content (AvgIpc) is 2.99. The highest BCUT2D eigenvalue weighted by atomic mass is 127. The number of hydrogen-bond donors (Lipinski definition) is 0. The molecule has 0 spiro atoms. The van der Waals surface area contributed by atoms with E-state index in [0.717, 1.165) is 20.3 Å². The molecule has 0 amide bonds. The number of halogens is 1. The van der Waals surface area contributed by atoms with Gasteiger partial charge in [-0.15, -0.1) is 0 Å². The van der Waals surface area contributed by atoms with Crippen LogP contribution in [0.15, 0.2) is 47.1 Å². The number of cyclic esters (lactones) is 1. The van der Waals surface area contributed by atoms with E-state index in [1.807, 2.05) is 64.1 Å². The van der Waals surface area contributed by atoms with Crippen molar-refractivity contribution in [2.45, 2.75) is 33.8 Å². The van der Waals surface area contributed by atoms with Crippen molar-refractivity contribution >= 4 is 40.5 Å². The van der Waals surface area contributed by atoms with E-state index in [9.17, 15) is 4.79 Å². The zero-order chi connectivity index (χ0) is 20.3. The van der Waals surface area contributed by atoms with E-state index in [-0.39, 0.29) is 11.8 Å². The lowest BCUT2D eigenvalue weighted by atomic mass is 10.1. The van der Waals surface area contributed by atoms with E-state index >= 15 is 0 Å². The van der Waals surface area contributed by atoms with Crippen LogP contribution in [0, 0.1) is 10.5 Å². The van der Waals surface area contributed by atoms with Crippen LogP contribution in [0.4, 0.5) is 0 Å². The molecule has 0 saturated carbocycles. The van der Waals surface area contributed by atoms with Crippen molar-refractivity contribution in [3.8, 4) is 11.5 Å². The molecular weight excluding hydrogens is 469 g/mol. The summed E-state index contributed by atoms with van der Waals surface area (Å²) in [4.78, 5) is 16.6. The molecule has 28 heavy (non-hydrogen) atoms. The maximum Gasteiger partial charge on any atom is 0.363 e. The van der Waals surface area contributed by atoms with Gasteiger partial charge in [-0.1, -0.05) is 17.7 Å². The van der Waals surface area contributed by atoms with Crippen LogP contribution in [0.1, 0.15) is 37.5 Å². The normalized spacial score (nSPS) is 15.0. The lowest BCUT2D eigenvalue weighted by Gasteiger charge is -2.16. The smallest absolute Gasteiger partial charge is 0.363 e. The van der Waals surface area contributed by atoms with Crippen LogP contribution in [0.2, 0.25) is 0 Å². The first kappa shape index (κ1) is 20.4. The minimum absolute atomic E-state index is 0.0309. The number of aliphatic imine (C=N–C) groups is 1. The fourth-order valence-electron chi connectivity index (χ4n) is 2.67. The molecule has 1 aliphatic heterocycles. The first-order chi connectivity index (χ1) is 13.4. The molecule has 0 radical (unpaired) electrons. The number of hydrogen-bond acceptors (Lipinski definition) is 5. The third kappa shape index (κ3) is 4.73. The van der Waals surface area contributed by atoms with Gasteiger partial charge >= 0.3 is 5.97 Å². The highest BCUT2D eigenvalue weighted by Gasteiger charge is 2.24. The molecule has 0 fully saturated rings. The number of esters is 1. The minimum Gasteiger partial charge on any atom is -0.490 e. The molecule has 0 bridgehead atoms. The predicted molar refractivity (Wildman–Crippen MR) is 118 cm³/mol. The predicted octanol–water partition coefficient (Wildman–Crippen LogP) is 5.13. The van der Waals surface area contributed by atoms with Crippen molar-refractivity contribution in [2.75, 3.05) is 6.61 Å². The van der Waals surface area contributed by atoms with E-state index in [4.69, 9.17) is 14.2 Å². The molecule has 1 aliphatic rings. The number of rotatable bonds is 6. The largest absolute Gasteiger partial charge is 0.490 e. The first-order valence-electron chi connectivity index (χ1n) is 9.10. The number of ether oxygens (including phenoxy) is 3. The monoisotopic (exact) mass is 491 g/mol. The summed E-state index contributed by atoms with van der Waals surface area (Å²) >= 11 is 2.21. The summed E-state index contributed by atoms with van der Waals surface area (Å²) in [6.45, 7) is 8.38. The van der Waals surface area contributed by atoms with Gasteiger partial charge < -0.3 is 14.2 Å². The van der Waals surface area contributed by atoms with Crippen molar-refractivity contribution in [3.05, 3.63) is 62.4 Å². The van der Waals surface area contributed by atoms with Gasteiger partial charge in [0.2, 0.25) is 5.90 Å². The third-order valence-electron chi connectivity index (χ3n) is 3.91. The van der Waals surface area contributed by atoms with Gasteiger partial charge in [0.1, 0.15) is 0 Å². The lowest BCUT2D eigenvalue weighted by Crippen LogP contribution is -2.09. The molecular formula is C22H22INO4. The molecule has 0 N–H and O–H groups in total. The van der Waals surface area contributed by atoms with Crippen molar-refractivity contribution < 1.29 is 19.0 Å². The topological polar surface area (TPSA) is 57.1 Å². The van der Waals surface area contributed by atoms with Gasteiger partial charge in [0.15, 0.2) is 17.2 Å². The first-order valence-corrected chi connectivity index (χ1v) is 10.2. The molecule has 1 heterocycles. The third-order valence-corrected chi connectivity index (χ3v) is 4.71. The van der Waals surface area contributed by atoms with Gasteiger partial charge in [-0.05, 0) is 86.2 Å². The van der Waals surface area contributed by atoms with Crippen LogP contribution >= 0.6 is 22.6 Å². The molecule has 2 aromatic carbocycles. The second-order valence-electron chi connectivity index (χ2n) is 6.63. The Bertz CT molecular complexity index is 946. The number of carbonyl (C=O) groups is 1. The Balaban J connectivity index is 1.95. The van der Waals surface area contributed by atoms with Crippen LogP contribution in [0.5, 0.6) is 11.5 Å². The second kappa shape index (κ2) is 8.77. The molecule has 0 atom stereocenters. The maximum absolute atomic E-state index is 12.3. The molecule has 5 nitrogen and oxygen atoms in total. The summed E-state index contributed by atoms with van der Waals surface area (Å²) in [5, 5.41) is 0. The van der Waals surface area contributed by atoms with Crippen molar-refractivity contribution in [1.29, 1.82) is 0 Å². The Hall–Kier alpha value is -2.35. The highest BCUT2D eigenvalue weighted by molar-refractivity contribution is 14.1. The average molecular weight is 491 g/mol. The second-order valence-corrected chi connectivity index (χ2v) is 7.79. The Morgan fingerprint density at radius 1 is 1.21 bits per heavy atom. The SMILES string of the molecule is CCOc1cc(/C=C2\N=C(c3ccc(C)cc3)OC2=O)cc(I)c1OC(C)C. The molecule has 2 aromatic rings. The molecule has 0 aromatic heterocycles. The van der Waals surface area contributed by atoms with E-state index in [1.165, 1.54) is 0 Å². The minimum atomic E-state index is -0.467. The van der Waals surface area contributed by atoms with Crippen LogP contribution in [0.25, 0.3) is 6.08 Å².